The zero-order valence-electron chi connectivity index (χ0n) is 9.66. The van der Waals surface area contributed by atoms with Crippen LogP contribution in [0.3, 0.4) is 0 Å². The first kappa shape index (κ1) is 12.4. The van der Waals surface area contributed by atoms with E-state index in [-0.39, 0.29) is 0 Å². The molecule has 0 amide bonds. The number of benzene rings is 1. The lowest BCUT2D eigenvalue weighted by Gasteiger charge is -2.11. The molecular weight excluding hydrogens is 206 g/mol. The van der Waals surface area contributed by atoms with Gasteiger partial charge in [0.05, 0.1) is 18.9 Å². The third-order valence-corrected chi connectivity index (χ3v) is 1.99. The summed E-state index contributed by atoms with van der Waals surface area (Å²) in [6.45, 7) is 4.64. The molecule has 4 heteroatoms. The molecule has 0 aromatic heterocycles. The Labute approximate surface area is 95.3 Å². The second-order valence-electron chi connectivity index (χ2n) is 3.29. The van der Waals surface area contributed by atoms with Crippen molar-refractivity contribution in [2.24, 2.45) is 0 Å². The number of carbonyl (C=O) groups is 1. The van der Waals surface area contributed by atoms with Gasteiger partial charge in [-0.15, -0.1) is 0 Å². The fourth-order valence-corrected chi connectivity index (χ4v) is 1.29. The van der Waals surface area contributed by atoms with E-state index in [1.165, 1.54) is 0 Å². The largest absolute Gasteiger partial charge is 0.491 e. The van der Waals surface area contributed by atoms with Gasteiger partial charge < -0.3 is 15.2 Å². The average Bonchev–Trinajstić information content (AvgIpc) is 2.29. The molecule has 0 saturated carbocycles. The number of hydrogen-bond acceptors (Lipinski definition) is 4. The smallest absolute Gasteiger partial charge is 0.342 e. The summed E-state index contributed by atoms with van der Waals surface area (Å²) in [4.78, 5) is 11.7. The standard InChI is InChI=1S/C12H17NO3/c1-3-8-16-12(14)9-6-5-7-10(13)11(9)15-4-2/h5-7H,3-4,8,13H2,1-2H3. The summed E-state index contributed by atoms with van der Waals surface area (Å²) in [5, 5.41) is 0. The molecule has 0 saturated heterocycles. The second kappa shape index (κ2) is 6.00. The Balaban J connectivity index is 2.93. The van der Waals surface area contributed by atoms with Gasteiger partial charge in [0.25, 0.3) is 0 Å². The van der Waals surface area contributed by atoms with Crippen LogP contribution in [0.15, 0.2) is 18.2 Å². The number of anilines is 1. The van der Waals surface area contributed by atoms with Crippen LogP contribution in [0.2, 0.25) is 0 Å². The summed E-state index contributed by atoms with van der Waals surface area (Å²) in [6, 6.07) is 5.06. The van der Waals surface area contributed by atoms with Crippen LogP contribution in [-0.4, -0.2) is 19.2 Å². The van der Waals surface area contributed by atoms with Gasteiger partial charge in [-0.25, -0.2) is 4.79 Å². The van der Waals surface area contributed by atoms with Crippen molar-refractivity contribution in [3.63, 3.8) is 0 Å². The normalized spacial score (nSPS) is 9.88. The first-order chi connectivity index (χ1) is 7.70. The van der Waals surface area contributed by atoms with Crippen LogP contribution >= 0.6 is 0 Å². The highest BCUT2D eigenvalue weighted by Gasteiger charge is 2.15. The SMILES string of the molecule is CCCOC(=O)c1cccc(N)c1OCC. The minimum atomic E-state index is -0.391. The minimum absolute atomic E-state index is 0.385. The van der Waals surface area contributed by atoms with Crippen LogP contribution in [0, 0.1) is 0 Å². The Morgan fingerprint density at radius 2 is 2.12 bits per heavy atom. The number of ether oxygens (including phenoxy) is 2. The molecule has 0 spiro atoms. The lowest BCUT2D eigenvalue weighted by molar-refractivity contribution is 0.0501. The van der Waals surface area contributed by atoms with E-state index in [1.807, 2.05) is 13.8 Å². The zero-order valence-corrected chi connectivity index (χ0v) is 9.66. The Morgan fingerprint density at radius 3 is 2.75 bits per heavy atom. The highest BCUT2D eigenvalue weighted by Crippen LogP contribution is 2.26. The van der Waals surface area contributed by atoms with E-state index in [0.29, 0.717) is 30.2 Å². The molecule has 0 aliphatic heterocycles. The molecule has 4 nitrogen and oxygen atoms in total. The average molecular weight is 223 g/mol. The molecule has 0 atom stereocenters. The molecule has 16 heavy (non-hydrogen) atoms. The van der Waals surface area contributed by atoms with Gasteiger partial charge in [0.2, 0.25) is 0 Å². The number of para-hydroxylation sites is 1. The number of hydrogen-bond donors (Lipinski definition) is 1. The van der Waals surface area contributed by atoms with Crippen molar-refractivity contribution in [3.05, 3.63) is 23.8 Å². The summed E-state index contributed by atoms with van der Waals surface area (Å²) in [7, 11) is 0. The molecule has 0 fully saturated rings. The van der Waals surface area contributed by atoms with Crippen molar-refractivity contribution in [1.29, 1.82) is 0 Å². The lowest BCUT2D eigenvalue weighted by atomic mass is 10.1. The predicted molar refractivity (Wildman–Crippen MR) is 62.6 cm³/mol. The van der Waals surface area contributed by atoms with Crippen LogP contribution in [0.4, 0.5) is 5.69 Å². The van der Waals surface area contributed by atoms with Crippen molar-refractivity contribution in [1.82, 2.24) is 0 Å². The maximum Gasteiger partial charge on any atom is 0.342 e. The first-order valence-corrected chi connectivity index (χ1v) is 5.39. The minimum Gasteiger partial charge on any atom is -0.491 e. The third-order valence-electron chi connectivity index (χ3n) is 1.99. The Kier molecular flexibility index (Phi) is 4.64. The lowest BCUT2D eigenvalue weighted by Crippen LogP contribution is -2.10. The summed E-state index contributed by atoms with van der Waals surface area (Å²) >= 11 is 0. The maximum atomic E-state index is 11.7. The van der Waals surface area contributed by atoms with Gasteiger partial charge in [-0.05, 0) is 25.5 Å². The van der Waals surface area contributed by atoms with Gasteiger partial charge in [-0.1, -0.05) is 13.0 Å². The highest BCUT2D eigenvalue weighted by molar-refractivity contribution is 5.94. The van der Waals surface area contributed by atoms with Crippen LogP contribution < -0.4 is 10.5 Å². The van der Waals surface area contributed by atoms with Gasteiger partial charge >= 0.3 is 5.97 Å². The zero-order chi connectivity index (χ0) is 12.0. The van der Waals surface area contributed by atoms with Crippen molar-refractivity contribution in [3.8, 4) is 5.75 Å². The molecular formula is C12H17NO3. The molecule has 0 aliphatic carbocycles. The van der Waals surface area contributed by atoms with E-state index in [2.05, 4.69) is 0 Å². The molecule has 1 aromatic carbocycles. The number of esters is 1. The quantitative estimate of drug-likeness (QED) is 0.614. The Morgan fingerprint density at radius 1 is 1.38 bits per heavy atom. The third kappa shape index (κ3) is 2.89. The summed E-state index contributed by atoms with van der Waals surface area (Å²) in [6.07, 6.45) is 0.790. The Bertz CT molecular complexity index is 363. The van der Waals surface area contributed by atoms with E-state index < -0.39 is 5.97 Å². The molecule has 2 N–H and O–H groups in total. The van der Waals surface area contributed by atoms with Crippen LogP contribution in [0.5, 0.6) is 5.75 Å². The Hall–Kier alpha value is -1.71. The van der Waals surface area contributed by atoms with Gasteiger partial charge in [0, 0.05) is 0 Å². The molecule has 1 rings (SSSR count). The fraction of sp³-hybridized carbons (Fsp3) is 0.417. The number of nitrogens with two attached hydrogens (primary N) is 1. The van der Waals surface area contributed by atoms with E-state index in [1.54, 1.807) is 18.2 Å². The highest BCUT2D eigenvalue weighted by atomic mass is 16.5. The van der Waals surface area contributed by atoms with Crippen LogP contribution in [-0.2, 0) is 4.74 Å². The number of carbonyl (C=O) groups excluding carboxylic acids is 1. The van der Waals surface area contributed by atoms with Gasteiger partial charge in [-0.2, -0.15) is 0 Å². The molecule has 1 aromatic rings. The molecule has 0 aliphatic rings. The molecule has 0 radical (unpaired) electrons. The van der Waals surface area contributed by atoms with E-state index in [9.17, 15) is 4.79 Å². The summed E-state index contributed by atoms with van der Waals surface area (Å²) in [5.41, 5.74) is 6.58. The van der Waals surface area contributed by atoms with Crippen LogP contribution in [0.25, 0.3) is 0 Å². The predicted octanol–water partition coefficient (Wildman–Crippen LogP) is 2.23. The van der Waals surface area contributed by atoms with Crippen molar-refractivity contribution in [2.45, 2.75) is 20.3 Å². The van der Waals surface area contributed by atoms with Gasteiger partial charge in [-0.3, -0.25) is 0 Å². The summed E-state index contributed by atoms with van der Waals surface area (Å²) in [5.74, 6) is 0.0173. The molecule has 0 unspecified atom stereocenters. The fourth-order valence-electron chi connectivity index (χ4n) is 1.29. The number of nitrogen functional groups attached to an aromatic ring is 1. The second-order valence-corrected chi connectivity index (χ2v) is 3.29. The summed E-state index contributed by atoms with van der Waals surface area (Å²) < 4.78 is 10.4. The molecule has 0 heterocycles. The van der Waals surface area contributed by atoms with Crippen molar-refractivity contribution >= 4 is 11.7 Å². The van der Waals surface area contributed by atoms with Gasteiger partial charge in [0.15, 0.2) is 5.75 Å². The number of rotatable bonds is 5. The van der Waals surface area contributed by atoms with E-state index in [4.69, 9.17) is 15.2 Å². The van der Waals surface area contributed by atoms with Crippen molar-refractivity contribution < 1.29 is 14.3 Å². The first-order valence-electron chi connectivity index (χ1n) is 5.39. The van der Waals surface area contributed by atoms with Gasteiger partial charge in [0.1, 0.15) is 5.56 Å². The molecule has 0 bridgehead atoms. The van der Waals surface area contributed by atoms with Crippen molar-refractivity contribution in [2.75, 3.05) is 18.9 Å². The monoisotopic (exact) mass is 223 g/mol. The topological polar surface area (TPSA) is 61.5 Å². The molecule has 88 valence electrons. The van der Waals surface area contributed by atoms with E-state index >= 15 is 0 Å². The maximum absolute atomic E-state index is 11.7. The van der Waals surface area contributed by atoms with Crippen LogP contribution in [0.1, 0.15) is 30.6 Å². The van der Waals surface area contributed by atoms with E-state index in [0.717, 1.165) is 6.42 Å².